The molecule has 0 aliphatic heterocycles. The van der Waals surface area contributed by atoms with Crippen LogP contribution in [0.1, 0.15) is 25.2 Å². The number of rotatable bonds is 4. The van der Waals surface area contributed by atoms with Crippen molar-refractivity contribution in [3.8, 4) is 22.5 Å². The minimum Gasteiger partial charge on any atom is -0.252 e. The lowest BCUT2D eigenvalue weighted by molar-refractivity contribution is 0.596. The van der Waals surface area contributed by atoms with Gasteiger partial charge in [0.05, 0.1) is 22.8 Å². The highest BCUT2D eigenvalue weighted by Gasteiger charge is 2.27. The van der Waals surface area contributed by atoms with Gasteiger partial charge in [-0.1, -0.05) is 36.4 Å². The van der Waals surface area contributed by atoms with Gasteiger partial charge >= 0.3 is 0 Å². The number of nitrogens with zero attached hydrogens (tertiary/aromatic N) is 2. The van der Waals surface area contributed by atoms with Crippen LogP contribution in [-0.4, -0.2) is 9.97 Å². The fraction of sp³-hybridized carbons (Fsp3) is 0.120. The standard InChI is InChI=1S/C25H20FIN2/c1-25(2,23-13-5-11-21(28-23)17-7-3-9-19(26)15-17)24-14-6-12-22(29-24)18-8-4-10-20(27)16-18/h3-16H,1-2H3. The second kappa shape index (κ2) is 8.03. The van der Waals surface area contributed by atoms with E-state index in [4.69, 9.17) is 9.97 Å². The summed E-state index contributed by atoms with van der Waals surface area (Å²) in [5.41, 5.74) is 4.99. The van der Waals surface area contributed by atoms with E-state index in [1.165, 1.54) is 15.7 Å². The van der Waals surface area contributed by atoms with E-state index < -0.39 is 5.41 Å². The Morgan fingerprint density at radius 1 is 0.690 bits per heavy atom. The van der Waals surface area contributed by atoms with Crippen LogP contribution in [0, 0.1) is 9.39 Å². The van der Waals surface area contributed by atoms with Crippen LogP contribution in [0.5, 0.6) is 0 Å². The lowest BCUT2D eigenvalue weighted by atomic mass is 9.84. The highest BCUT2D eigenvalue weighted by molar-refractivity contribution is 14.1. The van der Waals surface area contributed by atoms with E-state index in [2.05, 4.69) is 54.6 Å². The number of pyridine rings is 2. The zero-order valence-corrected chi connectivity index (χ0v) is 18.4. The van der Waals surface area contributed by atoms with E-state index in [1.54, 1.807) is 6.07 Å². The summed E-state index contributed by atoms with van der Waals surface area (Å²) in [6.07, 6.45) is 0. The summed E-state index contributed by atoms with van der Waals surface area (Å²) in [5, 5.41) is 0. The Labute approximate surface area is 184 Å². The molecule has 2 aromatic heterocycles. The van der Waals surface area contributed by atoms with Gasteiger partial charge in [-0.3, -0.25) is 9.97 Å². The molecule has 0 spiro atoms. The highest BCUT2D eigenvalue weighted by atomic mass is 127. The van der Waals surface area contributed by atoms with Gasteiger partial charge in [-0.05, 0) is 85.0 Å². The number of hydrogen-bond donors (Lipinski definition) is 0. The average molecular weight is 494 g/mol. The summed E-state index contributed by atoms with van der Waals surface area (Å²) in [4.78, 5) is 9.79. The number of halogens is 2. The van der Waals surface area contributed by atoms with Crippen molar-refractivity contribution in [2.24, 2.45) is 0 Å². The maximum Gasteiger partial charge on any atom is 0.123 e. The molecule has 2 aromatic carbocycles. The lowest BCUT2D eigenvalue weighted by Crippen LogP contribution is -2.22. The Bertz CT molecular complexity index is 1080. The molecule has 2 heterocycles. The van der Waals surface area contributed by atoms with Gasteiger partial charge in [-0.25, -0.2) is 4.39 Å². The molecule has 0 atom stereocenters. The normalized spacial score (nSPS) is 11.4. The first-order valence-electron chi connectivity index (χ1n) is 9.40. The molecule has 4 rings (SSSR count). The molecule has 2 nitrogen and oxygen atoms in total. The monoisotopic (exact) mass is 494 g/mol. The van der Waals surface area contributed by atoms with Crippen LogP contribution < -0.4 is 0 Å². The molecule has 144 valence electrons. The molecule has 29 heavy (non-hydrogen) atoms. The maximum atomic E-state index is 13.6. The van der Waals surface area contributed by atoms with Gasteiger partial charge in [0.1, 0.15) is 5.82 Å². The minimum absolute atomic E-state index is 0.263. The lowest BCUT2D eigenvalue weighted by Gasteiger charge is -2.25. The molecular formula is C25H20FIN2. The third-order valence-corrected chi connectivity index (χ3v) is 5.69. The van der Waals surface area contributed by atoms with E-state index >= 15 is 0 Å². The summed E-state index contributed by atoms with van der Waals surface area (Å²) in [5.74, 6) is -0.263. The molecule has 4 heteroatoms. The first kappa shape index (κ1) is 19.7. The molecule has 0 aliphatic rings. The number of aromatic nitrogens is 2. The van der Waals surface area contributed by atoms with E-state index in [1.807, 2.05) is 48.5 Å². The predicted octanol–water partition coefficient (Wildman–Crippen LogP) is 6.88. The Balaban J connectivity index is 1.74. The Hall–Kier alpha value is -2.60. The van der Waals surface area contributed by atoms with Crippen molar-refractivity contribution in [3.05, 3.63) is 106 Å². The molecule has 0 N–H and O–H groups in total. The Morgan fingerprint density at radius 3 is 1.76 bits per heavy atom. The largest absolute Gasteiger partial charge is 0.252 e. The van der Waals surface area contributed by atoms with Crippen LogP contribution in [0.15, 0.2) is 84.9 Å². The van der Waals surface area contributed by atoms with E-state index in [0.717, 1.165) is 33.9 Å². The summed E-state index contributed by atoms with van der Waals surface area (Å²) in [6.45, 7) is 4.23. The van der Waals surface area contributed by atoms with Crippen LogP contribution in [0.2, 0.25) is 0 Å². The summed E-state index contributed by atoms with van der Waals surface area (Å²) >= 11 is 2.31. The van der Waals surface area contributed by atoms with Crippen molar-refractivity contribution >= 4 is 22.6 Å². The third-order valence-electron chi connectivity index (χ3n) is 5.02. The maximum absolute atomic E-state index is 13.6. The molecular weight excluding hydrogens is 474 g/mol. The van der Waals surface area contributed by atoms with Crippen molar-refractivity contribution < 1.29 is 4.39 Å². The van der Waals surface area contributed by atoms with Crippen LogP contribution in [-0.2, 0) is 5.41 Å². The summed E-state index contributed by atoms with van der Waals surface area (Å²) in [6, 6.07) is 26.8. The zero-order chi connectivity index (χ0) is 20.4. The predicted molar refractivity (Wildman–Crippen MR) is 124 cm³/mol. The number of benzene rings is 2. The fourth-order valence-electron chi connectivity index (χ4n) is 3.31. The second-order valence-corrected chi connectivity index (χ2v) is 8.71. The van der Waals surface area contributed by atoms with E-state index in [-0.39, 0.29) is 5.82 Å². The quantitative estimate of drug-likeness (QED) is 0.289. The molecule has 4 aromatic rings. The zero-order valence-electron chi connectivity index (χ0n) is 16.2. The van der Waals surface area contributed by atoms with Crippen LogP contribution in [0.3, 0.4) is 0 Å². The molecule has 0 amide bonds. The van der Waals surface area contributed by atoms with Crippen LogP contribution >= 0.6 is 22.6 Å². The molecule has 0 saturated heterocycles. The van der Waals surface area contributed by atoms with Gasteiger partial charge in [-0.15, -0.1) is 0 Å². The summed E-state index contributed by atoms with van der Waals surface area (Å²) < 4.78 is 14.8. The topological polar surface area (TPSA) is 25.8 Å². The molecule has 0 saturated carbocycles. The third kappa shape index (κ3) is 4.22. The summed E-state index contributed by atoms with van der Waals surface area (Å²) in [7, 11) is 0. The van der Waals surface area contributed by atoms with Crippen molar-refractivity contribution in [1.82, 2.24) is 9.97 Å². The average Bonchev–Trinajstić information content (AvgIpc) is 2.74. The van der Waals surface area contributed by atoms with Gasteiger partial charge in [0.2, 0.25) is 0 Å². The molecule has 0 bridgehead atoms. The van der Waals surface area contributed by atoms with Crippen molar-refractivity contribution in [3.63, 3.8) is 0 Å². The second-order valence-electron chi connectivity index (χ2n) is 7.46. The first-order chi connectivity index (χ1) is 13.9. The Kier molecular flexibility index (Phi) is 5.46. The first-order valence-corrected chi connectivity index (χ1v) is 10.5. The van der Waals surface area contributed by atoms with Gasteiger partial charge in [0, 0.05) is 20.1 Å². The van der Waals surface area contributed by atoms with Crippen molar-refractivity contribution in [2.45, 2.75) is 19.3 Å². The Morgan fingerprint density at radius 2 is 1.21 bits per heavy atom. The van der Waals surface area contributed by atoms with E-state index in [9.17, 15) is 4.39 Å². The highest BCUT2D eigenvalue weighted by Crippen LogP contribution is 2.32. The fourth-order valence-corrected chi connectivity index (χ4v) is 3.86. The smallest absolute Gasteiger partial charge is 0.123 e. The van der Waals surface area contributed by atoms with Gasteiger partial charge < -0.3 is 0 Å². The van der Waals surface area contributed by atoms with Crippen molar-refractivity contribution in [1.29, 1.82) is 0 Å². The molecule has 0 fully saturated rings. The molecule has 0 radical (unpaired) electrons. The van der Waals surface area contributed by atoms with E-state index in [0.29, 0.717) is 0 Å². The van der Waals surface area contributed by atoms with Crippen LogP contribution in [0.25, 0.3) is 22.5 Å². The van der Waals surface area contributed by atoms with Crippen LogP contribution in [0.4, 0.5) is 4.39 Å². The van der Waals surface area contributed by atoms with Gasteiger partial charge in [-0.2, -0.15) is 0 Å². The molecule has 0 unspecified atom stereocenters. The number of hydrogen-bond acceptors (Lipinski definition) is 2. The molecule has 0 aliphatic carbocycles. The van der Waals surface area contributed by atoms with Crippen molar-refractivity contribution in [2.75, 3.05) is 0 Å². The SMILES string of the molecule is CC(C)(c1cccc(-c2cccc(F)c2)n1)c1cccc(-c2cccc(I)c2)n1. The van der Waals surface area contributed by atoms with Gasteiger partial charge in [0.25, 0.3) is 0 Å². The minimum atomic E-state index is -0.402. The van der Waals surface area contributed by atoms with Gasteiger partial charge in [0.15, 0.2) is 0 Å².